The van der Waals surface area contributed by atoms with E-state index in [9.17, 15) is 13.6 Å². The molecule has 6 heteroatoms. The number of hydrogen-bond donors (Lipinski definition) is 2. The van der Waals surface area contributed by atoms with Gasteiger partial charge in [0.15, 0.2) is 0 Å². The van der Waals surface area contributed by atoms with E-state index in [0.29, 0.717) is 10.7 Å². The Labute approximate surface area is 119 Å². The fourth-order valence-electron chi connectivity index (χ4n) is 1.75. The molecule has 2 aromatic carbocycles. The van der Waals surface area contributed by atoms with Crippen molar-refractivity contribution in [3.05, 3.63) is 64.7 Å². The lowest BCUT2D eigenvalue weighted by Crippen LogP contribution is -2.28. The maximum absolute atomic E-state index is 13.7. The minimum atomic E-state index is -1.17. The van der Waals surface area contributed by atoms with E-state index in [1.54, 1.807) is 24.3 Å². The largest absolute Gasteiger partial charge is 0.370 e. The smallest absolute Gasteiger partial charge is 0.244 e. The second-order valence-electron chi connectivity index (χ2n) is 4.15. The molecule has 0 spiro atoms. The van der Waals surface area contributed by atoms with Crippen molar-refractivity contribution in [2.24, 2.45) is 5.73 Å². The summed E-state index contributed by atoms with van der Waals surface area (Å²) in [5.74, 6) is -2.17. The van der Waals surface area contributed by atoms with E-state index < -0.39 is 23.6 Å². The van der Waals surface area contributed by atoms with Gasteiger partial charge in [-0.15, -0.1) is 0 Å². The highest BCUT2D eigenvalue weighted by atomic mass is 35.5. The minimum Gasteiger partial charge on any atom is -0.370 e. The van der Waals surface area contributed by atoms with Gasteiger partial charge >= 0.3 is 0 Å². The first-order chi connectivity index (χ1) is 9.47. The molecule has 1 unspecified atom stereocenters. The third-order valence-corrected chi connectivity index (χ3v) is 2.96. The standard InChI is InChI=1S/C14H11ClF2N2O/c15-8-1-4-10(5-2-8)19-13(14(18)20)11-7-9(16)3-6-12(11)17/h1-7,13,19H,(H2,18,20). The van der Waals surface area contributed by atoms with Crippen LogP contribution in [0.4, 0.5) is 14.5 Å². The molecule has 0 bridgehead atoms. The summed E-state index contributed by atoms with van der Waals surface area (Å²) in [5, 5.41) is 3.27. The summed E-state index contributed by atoms with van der Waals surface area (Å²) in [7, 11) is 0. The average Bonchev–Trinajstić information content (AvgIpc) is 2.41. The van der Waals surface area contributed by atoms with Gasteiger partial charge in [0.2, 0.25) is 5.91 Å². The molecule has 0 radical (unpaired) electrons. The molecule has 1 atom stereocenters. The lowest BCUT2D eigenvalue weighted by molar-refractivity contribution is -0.118. The van der Waals surface area contributed by atoms with Gasteiger partial charge in [-0.25, -0.2) is 8.78 Å². The lowest BCUT2D eigenvalue weighted by Gasteiger charge is -2.18. The number of rotatable bonds is 4. The molecule has 0 aliphatic heterocycles. The van der Waals surface area contributed by atoms with Crippen molar-refractivity contribution in [1.82, 2.24) is 0 Å². The molecule has 0 aliphatic carbocycles. The Hall–Kier alpha value is -2.14. The molecule has 3 N–H and O–H groups in total. The maximum atomic E-state index is 13.7. The number of benzene rings is 2. The first-order valence-electron chi connectivity index (χ1n) is 5.74. The second-order valence-corrected chi connectivity index (χ2v) is 4.59. The molecule has 0 saturated heterocycles. The average molecular weight is 297 g/mol. The second kappa shape index (κ2) is 5.88. The Morgan fingerprint density at radius 2 is 1.80 bits per heavy atom. The zero-order valence-corrected chi connectivity index (χ0v) is 11.0. The highest BCUT2D eigenvalue weighted by Gasteiger charge is 2.22. The molecule has 0 heterocycles. The van der Waals surface area contributed by atoms with Crippen molar-refractivity contribution in [2.75, 3.05) is 5.32 Å². The van der Waals surface area contributed by atoms with Crippen LogP contribution in [0.1, 0.15) is 11.6 Å². The molecule has 2 aromatic rings. The topological polar surface area (TPSA) is 55.1 Å². The van der Waals surface area contributed by atoms with Crippen LogP contribution < -0.4 is 11.1 Å². The SMILES string of the molecule is NC(=O)C(Nc1ccc(Cl)cc1)c1cc(F)ccc1F. The van der Waals surface area contributed by atoms with Crippen LogP contribution in [0.5, 0.6) is 0 Å². The van der Waals surface area contributed by atoms with E-state index in [0.717, 1.165) is 18.2 Å². The van der Waals surface area contributed by atoms with Gasteiger partial charge in [0, 0.05) is 16.3 Å². The first kappa shape index (κ1) is 14.3. The van der Waals surface area contributed by atoms with Crippen LogP contribution >= 0.6 is 11.6 Å². The van der Waals surface area contributed by atoms with Crippen LogP contribution in [0.2, 0.25) is 5.02 Å². The first-order valence-corrected chi connectivity index (χ1v) is 6.11. The molecule has 0 saturated carbocycles. The monoisotopic (exact) mass is 296 g/mol. The van der Waals surface area contributed by atoms with Gasteiger partial charge in [0.25, 0.3) is 0 Å². The highest BCUT2D eigenvalue weighted by molar-refractivity contribution is 6.30. The van der Waals surface area contributed by atoms with E-state index in [1.807, 2.05) is 0 Å². The van der Waals surface area contributed by atoms with Crippen LogP contribution in [-0.4, -0.2) is 5.91 Å². The summed E-state index contributed by atoms with van der Waals surface area (Å²) in [4.78, 5) is 11.5. The number of anilines is 1. The number of carbonyl (C=O) groups is 1. The highest BCUT2D eigenvalue weighted by Crippen LogP contribution is 2.23. The Bertz CT molecular complexity index is 632. The fraction of sp³-hybridized carbons (Fsp3) is 0.0714. The summed E-state index contributed by atoms with van der Waals surface area (Å²) in [6, 6.07) is 8.10. The van der Waals surface area contributed by atoms with Gasteiger partial charge in [-0.3, -0.25) is 4.79 Å². The molecule has 2 rings (SSSR count). The molecule has 104 valence electrons. The zero-order valence-electron chi connectivity index (χ0n) is 10.2. The van der Waals surface area contributed by atoms with Crippen molar-refractivity contribution < 1.29 is 13.6 Å². The third kappa shape index (κ3) is 3.24. The van der Waals surface area contributed by atoms with Crippen molar-refractivity contribution in [3.8, 4) is 0 Å². The Balaban J connectivity index is 2.34. The predicted molar refractivity (Wildman–Crippen MR) is 73.4 cm³/mol. The molecule has 1 amide bonds. The third-order valence-electron chi connectivity index (χ3n) is 2.71. The number of primary amides is 1. The summed E-state index contributed by atoms with van der Waals surface area (Å²) in [5.41, 5.74) is 5.62. The van der Waals surface area contributed by atoms with Gasteiger partial charge in [-0.1, -0.05) is 11.6 Å². The van der Waals surface area contributed by atoms with E-state index in [-0.39, 0.29) is 5.56 Å². The zero-order chi connectivity index (χ0) is 14.7. The number of nitrogens with one attached hydrogen (secondary N) is 1. The van der Waals surface area contributed by atoms with Crippen LogP contribution in [0.15, 0.2) is 42.5 Å². The molecule has 0 aliphatic rings. The van der Waals surface area contributed by atoms with E-state index >= 15 is 0 Å². The van der Waals surface area contributed by atoms with Crippen LogP contribution in [0, 0.1) is 11.6 Å². The Kier molecular flexibility index (Phi) is 4.20. The number of amides is 1. The quantitative estimate of drug-likeness (QED) is 0.910. The van der Waals surface area contributed by atoms with Crippen molar-refractivity contribution in [2.45, 2.75) is 6.04 Å². The Morgan fingerprint density at radius 1 is 1.15 bits per heavy atom. The summed E-state index contributed by atoms with van der Waals surface area (Å²) < 4.78 is 26.9. The fourth-order valence-corrected chi connectivity index (χ4v) is 1.88. The van der Waals surface area contributed by atoms with Gasteiger partial charge in [-0.2, -0.15) is 0 Å². The molecule has 3 nitrogen and oxygen atoms in total. The van der Waals surface area contributed by atoms with Gasteiger partial charge in [0.1, 0.15) is 17.7 Å². The Morgan fingerprint density at radius 3 is 2.40 bits per heavy atom. The molecular formula is C14H11ClF2N2O. The van der Waals surface area contributed by atoms with Crippen LogP contribution in [-0.2, 0) is 4.79 Å². The molecule has 0 aromatic heterocycles. The normalized spacial score (nSPS) is 11.9. The lowest BCUT2D eigenvalue weighted by atomic mass is 10.0. The maximum Gasteiger partial charge on any atom is 0.244 e. The summed E-state index contributed by atoms with van der Waals surface area (Å²) in [6.07, 6.45) is 0. The number of halogens is 3. The van der Waals surface area contributed by atoms with E-state index in [4.69, 9.17) is 17.3 Å². The van der Waals surface area contributed by atoms with Crippen LogP contribution in [0.25, 0.3) is 0 Å². The van der Waals surface area contributed by atoms with Crippen molar-refractivity contribution in [3.63, 3.8) is 0 Å². The van der Waals surface area contributed by atoms with Gasteiger partial charge in [0.05, 0.1) is 0 Å². The number of carbonyl (C=O) groups excluding carboxylic acids is 1. The minimum absolute atomic E-state index is 0.146. The molecule has 0 fully saturated rings. The van der Waals surface area contributed by atoms with Crippen molar-refractivity contribution >= 4 is 23.2 Å². The van der Waals surface area contributed by atoms with Gasteiger partial charge < -0.3 is 11.1 Å². The van der Waals surface area contributed by atoms with Crippen molar-refractivity contribution in [1.29, 1.82) is 0 Å². The van der Waals surface area contributed by atoms with E-state index in [2.05, 4.69) is 5.32 Å². The number of hydrogen-bond acceptors (Lipinski definition) is 2. The molecular weight excluding hydrogens is 286 g/mol. The molecule has 20 heavy (non-hydrogen) atoms. The summed E-state index contributed by atoms with van der Waals surface area (Å²) >= 11 is 5.74. The predicted octanol–water partition coefficient (Wildman–Crippen LogP) is 3.26. The van der Waals surface area contributed by atoms with E-state index in [1.165, 1.54) is 0 Å². The van der Waals surface area contributed by atoms with Gasteiger partial charge in [-0.05, 0) is 42.5 Å². The summed E-state index contributed by atoms with van der Waals surface area (Å²) in [6.45, 7) is 0. The number of nitrogens with two attached hydrogens (primary N) is 1. The van der Waals surface area contributed by atoms with Crippen LogP contribution in [0.3, 0.4) is 0 Å².